The van der Waals surface area contributed by atoms with Crippen molar-refractivity contribution in [2.45, 2.75) is 13.0 Å². The minimum Gasteiger partial charge on any atom is -0.496 e. The molecule has 1 atom stereocenters. The van der Waals surface area contributed by atoms with Gasteiger partial charge < -0.3 is 19.9 Å². The van der Waals surface area contributed by atoms with E-state index in [-0.39, 0.29) is 11.4 Å². The number of carboxylic acid groups (broad SMARTS) is 1. The molecule has 0 aliphatic rings. The van der Waals surface area contributed by atoms with Gasteiger partial charge in [0.15, 0.2) is 5.69 Å². The molecule has 6 heteroatoms. The summed E-state index contributed by atoms with van der Waals surface area (Å²) in [5, 5.41) is 19.3. The van der Waals surface area contributed by atoms with Gasteiger partial charge in [0, 0.05) is 5.56 Å². The number of benzene rings is 1. The molecule has 0 aliphatic heterocycles. The number of aryl methyl sites for hydroxylation is 1. The monoisotopic (exact) mass is 262 g/mol. The third-order valence-electron chi connectivity index (χ3n) is 2.82. The zero-order chi connectivity index (χ0) is 14.0. The summed E-state index contributed by atoms with van der Waals surface area (Å²) in [6.45, 7) is 1.88. The third-order valence-corrected chi connectivity index (χ3v) is 2.82. The molecule has 0 bridgehead atoms. The van der Waals surface area contributed by atoms with Crippen molar-refractivity contribution >= 4 is 5.97 Å². The number of carboxylic acids is 1. The molecule has 1 aromatic heterocycles. The summed E-state index contributed by atoms with van der Waals surface area (Å²) in [4.78, 5) is 17.4. The molecule has 1 heterocycles. The van der Waals surface area contributed by atoms with Crippen molar-refractivity contribution in [1.82, 2.24) is 9.97 Å². The lowest BCUT2D eigenvalue weighted by molar-refractivity contribution is 0.0685. The van der Waals surface area contributed by atoms with Gasteiger partial charge in [0.1, 0.15) is 11.9 Å². The number of hydrogen-bond donors (Lipinski definition) is 3. The second kappa shape index (κ2) is 5.11. The molecule has 6 nitrogen and oxygen atoms in total. The Balaban J connectivity index is 2.49. The van der Waals surface area contributed by atoms with Crippen molar-refractivity contribution in [3.05, 3.63) is 47.0 Å². The Hall–Kier alpha value is -2.34. The molecule has 3 N–H and O–H groups in total. The summed E-state index contributed by atoms with van der Waals surface area (Å²) in [6.07, 6.45) is 0.105. The van der Waals surface area contributed by atoms with E-state index in [4.69, 9.17) is 9.84 Å². The van der Waals surface area contributed by atoms with Gasteiger partial charge >= 0.3 is 5.97 Å². The first-order valence-corrected chi connectivity index (χ1v) is 5.63. The molecule has 0 saturated heterocycles. The zero-order valence-corrected chi connectivity index (χ0v) is 10.5. The largest absolute Gasteiger partial charge is 0.496 e. The minimum absolute atomic E-state index is 0.136. The average Bonchev–Trinajstić information content (AvgIpc) is 2.87. The van der Waals surface area contributed by atoms with E-state index in [1.54, 1.807) is 12.1 Å². The number of aromatic amines is 1. The standard InChI is InChI=1S/C13H14N2O4/c1-7-3-4-9(19-2)8(5-7)12(16)10-11(13(17)18)15-6-14-10/h3-6,12,16H,1-2H3,(H,14,15)(H,17,18). The number of nitrogens with zero attached hydrogens (tertiary/aromatic N) is 1. The second-order valence-corrected chi connectivity index (χ2v) is 4.12. The maximum Gasteiger partial charge on any atom is 0.356 e. The molecular weight excluding hydrogens is 248 g/mol. The molecule has 19 heavy (non-hydrogen) atoms. The highest BCUT2D eigenvalue weighted by Gasteiger charge is 2.23. The molecule has 1 aromatic carbocycles. The van der Waals surface area contributed by atoms with E-state index in [0.717, 1.165) is 5.56 Å². The number of hydrogen-bond acceptors (Lipinski definition) is 4. The highest BCUT2D eigenvalue weighted by molar-refractivity contribution is 5.87. The van der Waals surface area contributed by atoms with Crippen LogP contribution in [0.4, 0.5) is 0 Å². The SMILES string of the molecule is COc1ccc(C)cc1C(O)c1[nH]cnc1C(=O)O. The average molecular weight is 262 g/mol. The fourth-order valence-electron chi connectivity index (χ4n) is 1.91. The van der Waals surface area contributed by atoms with Crippen LogP contribution in [0.15, 0.2) is 24.5 Å². The molecule has 0 amide bonds. The Labute approximate surface area is 109 Å². The fraction of sp³-hybridized carbons (Fsp3) is 0.231. The van der Waals surface area contributed by atoms with Gasteiger partial charge in [0.05, 0.1) is 19.1 Å². The minimum atomic E-state index is -1.19. The molecule has 0 radical (unpaired) electrons. The summed E-state index contributed by atoms with van der Waals surface area (Å²) < 4.78 is 5.18. The van der Waals surface area contributed by atoms with Gasteiger partial charge in [0.2, 0.25) is 0 Å². The molecule has 0 spiro atoms. The number of H-pyrrole nitrogens is 1. The maximum atomic E-state index is 11.0. The van der Waals surface area contributed by atoms with Crippen LogP contribution in [-0.2, 0) is 0 Å². The Morgan fingerprint density at radius 3 is 2.84 bits per heavy atom. The summed E-state index contributed by atoms with van der Waals surface area (Å²) >= 11 is 0. The van der Waals surface area contributed by atoms with Crippen molar-refractivity contribution in [3.8, 4) is 5.75 Å². The van der Waals surface area contributed by atoms with Gasteiger partial charge in [-0.05, 0) is 19.1 Å². The van der Waals surface area contributed by atoms with Crippen LogP contribution in [0.1, 0.15) is 33.4 Å². The molecule has 2 rings (SSSR count). The summed E-state index contributed by atoms with van der Waals surface area (Å²) in [6, 6.07) is 5.32. The van der Waals surface area contributed by atoms with Gasteiger partial charge in [-0.25, -0.2) is 9.78 Å². The number of ether oxygens (including phenoxy) is 1. The number of aliphatic hydroxyl groups excluding tert-OH is 1. The van der Waals surface area contributed by atoms with Crippen molar-refractivity contribution in [2.75, 3.05) is 7.11 Å². The maximum absolute atomic E-state index is 11.0. The molecule has 1 unspecified atom stereocenters. The van der Waals surface area contributed by atoms with Gasteiger partial charge in [-0.1, -0.05) is 11.6 Å². The van der Waals surface area contributed by atoms with Gasteiger partial charge in [-0.2, -0.15) is 0 Å². The van der Waals surface area contributed by atoms with E-state index in [1.165, 1.54) is 13.4 Å². The highest BCUT2D eigenvalue weighted by Crippen LogP contribution is 2.31. The Kier molecular flexibility index (Phi) is 3.52. The Bertz CT molecular complexity index is 606. The Morgan fingerprint density at radius 1 is 1.47 bits per heavy atom. The molecular formula is C13H14N2O4. The van der Waals surface area contributed by atoms with Gasteiger partial charge in [-0.15, -0.1) is 0 Å². The van der Waals surface area contributed by atoms with E-state index >= 15 is 0 Å². The number of aromatic nitrogens is 2. The topological polar surface area (TPSA) is 95.4 Å². The molecule has 2 aromatic rings. The van der Waals surface area contributed by atoms with Crippen LogP contribution in [0.2, 0.25) is 0 Å². The van der Waals surface area contributed by atoms with E-state index in [2.05, 4.69) is 9.97 Å². The number of imidazole rings is 1. The predicted molar refractivity (Wildman–Crippen MR) is 67.3 cm³/mol. The smallest absolute Gasteiger partial charge is 0.356 e. The second-order valence-electron chi connectivity index (χ2n) is 4.12. The summed E-state index contributed by atoms with van der Waals surface area (Å²) in [5.74, 6) is -0.703. The fourth-order valence-corrected chi connectivity index (χ4v) is 1.91. The van der Waals surface area contributed by atoms with Crippen LogP contribution in [-0.4, -0.2) is 33.3 Å². The first kappa shape index (κ1) is 13.1. The quantitative estimate of drug-likeness (QED) is 0.776. The van der Waals surface area contributed by atoms with Crippen molar-refractivity contribution in [1.29, 1.82) is 0 Å². The van der Waals surface area contributed by atoms with E-state index in [9.17, 15) is 9.90 Å². The first-order chi connectivity index (χ1) is 9.04. The van der Waals surface area contributed by atoms with Crippen LogP contribution in [0, 0.1) is 6.92 Å². The van der Waals surface area contributed by atoms with Crippen LogP contribution in [0.3, 0.4) is 0 Å². The number of aliphatic hydroxyl groups is 1. The van der Waals surface area contributed by atoms with Crippen molar-refractivity contribution in [3.63, 3.8) is 0 Å². The summed E-state index contributed by atoms with van der Waals surface area (Å²) in [7, 11) is 1.49. The lowest BCUT2D eigenvalue weighted by atomic mass is 10.0. The van der Waals surface area contributed by atoms with Crippen molar-refractivity contribution < 1.29 is 19.7 Å². The normalized spacial score (nSPS) is 12.2. The van der Waals surface area contributed by atoms with Crippen molar-refractivity contribution in [2.24, 2.45) is 0 Å². The lowest BCUT2D eigenvalue weighted by Crippen LogP contribution is -2.09. The van der Waals surface area contributed by atoms with E-state index in [1.807, 2.05) is 13.0 Å². The summed E-state index contributed by atoms with van der Waals surface area (Å²) in [5.41, 5.74) is 1.37. The third kappa shape index (κ3) is 2.43. The first-order valence-electron chi connectivity index (χ1n) is 5.63. The molecule has 0 fully saturated rings. The molecule has 100 valence electrons. The number of methoxy groups -OCH3 is 1. The van der Waals surface area contributed by atoms with Gasteiger partial charge in [-0.3, -0.25) is 0 Å². The molecule has 0 saturated carbocycles. The predicted octanol–water partition coefficient (Wildman–Crippen LogP) is 1.51. The van der Waals surface area contributed by atoms with Crippen LogP contribution < -0.4 is 4.74 Å². The number of carbonyl (C=O) groups is 1. The number of nitrogens with one attached hydrogen (secondary N) is 1. The highest BCUT2D eigenvalue weighted by atomic mass is 16.5. The van der Waals surface area contributed by atoms with Crippen LogP contribution in [0.25, 0.3) is 0 Å². The molecule has 0 aliphatic carbocycles. The van der Waals surface area contributed by atoms with Crippen LogP contribution in [0.5, 0.6) is 5.75 Å². The van der Waals surface area contributed by atoms with Gasteiger partial charge in [0.25, 0.3) is 0 Å². The zero-order valence-electron chi connectivity index (χ0n) is 10.5. The number of rotatable bonds is 4. The van der Waals surface area contributed by atoms with Crippen LogP contribution >= 0.6 is 0 Å². The lowest BCUT2D eigenvalue weighted by Gasteiger charge is -2.15. The number of aromatic carboxylic acids is 1. The Morgan fingerprint density at radius 2 is 2.21 bits per heavy atom. The van der Waals surface area contributed by atoms with E-state index in [0.29, 0.717) is 11.3 Å². The van der Waals surface area contributed by atoms with E-state index < -0.39 is 12.1 Å².